The molecule has 6 heteroatoms. The fourth-order valence-corrected chi connectivity index (χ4v) is 3.47. The highest BCUT2D eigenvalue weighted by atomic mass is 32.1. The Kier molecular flexibility index (Phi) is 6.09. The lowest BCUT2D eigenvalue weighted by molar-refractivity contribution is -0.123. The summed E-state index contributed by atoms with van der Waals surface area (Å²) in [5.74, 6) is 0.00415. The highest BCUT2D eigenvalue weighted by molar-refractivity contribution is 7.16. The molecule has 2 aromatic heterocycles. The number of aryl methyl sites for hydroxylation is 1. The number of benzene rings is 1. The van der Waals surface area contributed by atoms with Crippen molar-refractivity contribution in [2.24, 2.45) is 5.41 Å². The van der Waals surface area contributed by atoms with Crippen LogP contribution in [0.2, 0.25) is 0 Å². The van der Waals surface area contributed by atoms with Gasteiger partial charge in [-0.25, -0.2) is 4.98 Å². The Morgan fingerprint density at radius 3 is 2.50 bits per heavy atom. The first-order valence-electron chi connectivity index (χ1n) is 9.36. The summed E-state index contributed by atoms with van der Waals surface area (Å²) < 4.78 is 0. The van der Waals surface area contributed by atoms with E-state index in [1.165, 1.54) is 0 Å². The van der Waals surface area contributed by atoms with Crippen LogP contribution in [0.25, 0.3) is 11.3 Å². The Hall–Kier alpha value is -2.73. The van der Waals surface area contributed by atoms with Gasteiger partial charge in [0, 0.05) is 46.4 Å². The van der Waals surface area contributed by atoms with E-state index >= 15 is 0 Å². The van der Waals surface area contributed by atoms with Crippen LogP contribution < -0.4 is 10.6 Å². The number of rotatable bonds is 6. The quantitative estimate of drug-likeness (QED) is 0.606. The minimum Gasteiger partial charge on any atom is -0.361 e. The average molecular weight is 395 g/mol. The summed E-state index contributed by atoms with van der Waals surface area (Å²) in [7, 11) is 0. The summed E-state index contributed by atoms with van der Waals surface area (Å²) in [5, 5.41) is 7.25. The zero-order valence-corrected chi connectivity index (χ0v) is 17.6. The van der Waals surface area contributed by atoms with Crippen molar-refractivity contribution in [3.63, 3.8) is 0 Å². The molecule has 3 aromatic rings. The Labute approximate surface area is 170 Å². The van der Waals surface area contributed by atoms with E-state index in [0.717, 1.165) is 45.6 Å². The lowest BCUT2D eigenvalue weighted by Crippen LogP contribution is -2.27. The Bertz CT molecular complexity index is 927. The fraction of sp³-hybridized carbons (Fsp3) is 0.318. The second-order valence-electron chi connectivity index (χ2n) is 7.70. The number of hydrogen-bond donors (Lipinski definition) is 2. The third kappa shape index (κ3) is 5.16. The van der Waals surface area contributed by atoms with Gasteiger partial charge in [0.1, 0.15) is 0 Å². The normalized spacial score (nSPS) is 11.3. The molecule has 5 nitrogen and oxygen atoms in total. The monoisotopic (exact) mass is 394 g/mol. The number of carbonyl (C=O) groups excluding carboxylic acids is 1. The average Bonchev–Trinajstić information content (AvgIpc) is 3.03. The van der Waals surface area contributed by atoms with Gasteiger partial charge >= 0.3 is 0 Å². The molecular formula is C22H26N4OS. The lowest BCUT2D eigenvalue weighted by atomic mass is 9.95. The van der Waals surface area contributed by atoms with Gasteiger partial charge in [-0.3, -0.25) is 9.78 Å². The molecule has 0 saturated heterocycles. The van der Waals surface area contributed by atoms with E-state index < -0.39 is 5.41 Å². The van der Waals surface area contributed by atoms with E-state index in [1.807, 2.05) is 69.4 Å². The standard InChI is InChI=1S/C22H26N4OS/c1-15-19(16-8-10-18(11-9-16)25-20(27)22(2,3)4)26-21(28-15)24-14-12-17-7-5-6-13-23-17/h5-11,13H,12,14H2,1-4H3,(H,24,26)(H,25,27). The molecule has 0 unspecified atom stereocenters. The lowest BCUT2D eigenvalue weighted by Gasteiger charge is -2.17. The number of nitrogens with one attached hydrogen (secondary N) is 2. The highest BCUT2D eigenvalue weighted by Gasteiger charge is 2.21. The molecule has 0 aliphatic rings. The largest absolute Gasteiger partial charge is 0.361 e. The second-order valence-corrected chi connectivity index (χ2v) is 8.91. The van der Waals surface area contributed by atoms with Gasteiger partial charge in [0.05, 0.1) is 5.69 Å². The molecule has 1 amide bonds. The van der Waals surface area contributed by atoms with Gasteiger partial charge in [0.2, 0.25) is 5.91 Å². The first-order valence-corrected chi connectivity index (χ1v) is 10.2. The van der Waals surface area contributed by atoms with E-state index in [9.17, 15) is 4.79 Å². The number of pyridine rings is 1. The van der Waals surface area contributed by atoms with Crippen molar-refractivity contribution in [1.82, 2.24) is 9.97 Å². The van der Waals surface area contributed by atoms with Crippen molar-refractivity contribution >= 4 is 28.1 Å². The van der Waals surface area contributed by atoms with E-state index in [1.54, 1.807) is 11.3 Å². The second kappa shape index (κ2) is 8.52. The molecule has 2 heterocycles. The van der Waals surface area contributed by atoms with Crippen molar-refractivity contribution < 1.29 is 4.79 Å². The van der Waals surface area contributed by atoms with E-state index in [4.69, 9.17) is 4.98 Å². The van der Waals surface area contributed by atoms with Crippen LogP contribution in [0.3, 0.4) is 0 Å². The van der Waals surface area contributed by atoms with E-state index in [-0.39, 0.29) is 5.91 Å². The van der Waals surface area contributed by atoms with E-state index in [2.05, 4.69) is 22.5 Å². The molecule has 0 fully saturated rings. The zero-order valence-electron chi connectivity index (χ0n) is 16.7. The van der Waals surface area contributed by atoms with Crippen LogP contribution in [0.4, 0.5) is 10.8 Å². The van der Waals surface area contributed by atoms with Crippen LogP contribution in [0.5, 0.6) is 0 Å². The number of amides is 1. The SMILES string of the molecule is Cc1sc(NCCc2ccccn2)nc1-c1ccc(NC(=O)C(C)(C)C)cc1. The number of carbonyl (C=O) groups is 1. The molecule has 2 N–H and O–H groups in total. The number of nitrogens with zero attached hydrogens (tertiary/aromatic N) is 2. The molecule has 1 aromatic carbocycles. The molecule has 0 atom stereocenters. The van der Waals surface area contributed by atoms with Gasteiger partial charge in [-0.1, -0.05) is 39.0 Å². The zero-order chi connectivity index (χ0) is 20.1. The van der Waals surface area contributed by atoms with Crippen LogP contribution in [0.1, 0.15) is 31.3 Å². The minimum atomic E-state index is -0.417. The predicted molar refractivity (Wildman–Crippen MR) is 117 cm³/mol. The first-order chi connectivity index (χ1) is 13.3. The van der Waals surface area contributed by atoms with Gasteiger partial charge in [0.25, 0.3) is 0 Å². The van der Waals surface area contributed by atoms with Crippen LogP contribution >= 0.6 is 11.3 Å². The topological polar surface area (TPSA) is 66.9 Å². The summed E-state index contributed by atoms with van der Waals surface area (Å²) >= 11 is 1.65. The molecule has 3 rings (SSSR count). The van der Waals surface area contributed by atoms with Gasteiger partial charge < -0.3 is 10.6 Å². The number of thiazole rings is 1. The first kappa shape index (κ1) is 20.0. The Morgan fingerprint density at radius 1 is 1.11 bits per heavy atom. The molecule has 0 radical (unpaired) electrons. The summed E-state index contributed by atoms with van der Waals surface area (Å²) in [6.07, 6.45) is 2.67. The van der Waals surface area contributed by atoms with Crippen molar-refractivity contribution in [3.8, 4) is 11.3 Å². The maximum Gasteiger partial charge on any atom is 0.229 e. The maximum atomic E-state index is 12.1. The van der Waals surface area contributed by atoms with Crippen LogP contribution in [-0.2, 0) is 11.2 Å². The van der Waals surface area contributed by atoms with Gasteiger partial charge in [-0.2, -0.15) is 0 Å². The van der Waals surface area contributed by atoms with Crippen LogP contribution in [0.15, 0.2) is 48.7 Å². The predicted octanol–water partition coefficient (Wildman–Crippen LogP) is 5.15. The fourth-order valence-electron chi connectivity index (χ4n) is 2.61. The highest BCUT2D eigenvalue weighted by Crippen LogP contribution is 2.31. The molecule has 0 aliphatic heterocycles. The van der Waals surface area contributed by atoms with Gasteiger partial charge in [-0.15, -0.1) is 11.3 Å². The summed E-state index contributed by atoms with van der Waals surface area (Å²) in [6, 6.07) is 13.8. The smallest absolute Gasteiger partial charge is 0.229 e. The number of aromatic nitrogens is 2. The molecular weight excluding hydrogens is 368 g/mol. The molecule has 146 valence electrons. The summed E-state index contributed by atoms with van der Waals surface area (Å²) in [4.78, 5) is 22.4. The van der Waals surface area contributed by atoms with Crippen molar-refractivity contribution in [1.29, 1.82) is 0 Å². The van der Waals surface area contributed by atoms with Gasteiger partial charge in [-0.05, 0) is 31.2 Å². The molecule has 0 bridgehead atoms. The Balaban J connectivity index is 1.63. The third-order valence-corrected chi connectivity index (χ3v) is 5.21. The van der Waals surface area contributed by atoms with Crippen molar-refractivity contribution in [2.45, 2.75) is 34.1 Å². The minimum absolute atomic E-state index is 0.00415. The van der Waals surface area contributed by atoms with Crippen LogP contribution in [-0.4, -0.2) is 22.4 Å². The third-order valence-electron chi connectivity index (χ3n) is 4.28. The van der Waals surface area contributed by atoms with Crippen LogP contribution in [0, 0.1) is 12.3 Å². The van der Waals surface area contributed by atoms with Crippen molar-refractivity contribution in [3.05, 3.63) is 59.2 Å². The summed E-state index contributed by atoms with van der Waals surface area (Å²) in [6.45, 7) is 8.57. The number of anilines is 2. The number of hydrogen-bond acceptors (Lipinski definition) is 5. The summed E-state index contributed by atoms with van der Waals surface area (Å²) in [5.41, 5.74) is 3.46. The Morgan fingerprint density at radius 2 is 1.86 bits per heavy atom. The molecule has 0 spiro atoms. The van der Waals surface area contributed by atoms with Gasteiger partial charge in [0.15, 0.2) is 5.13 Å². The van der Waals surface area contributed by atoms with E-state index in [0.29, 0.717) is 0 Å². The van der Waals surface area contributed by atoms with Crippen molar-refractivity contribution in [2.75, 3.05) is 17.2 Å². The maximum absolute atomic E-state index is 12.1. The molecule has 0 saturated carbocycles. The molecule has 0 aliphatic carbocycles. The molecule has 28 heavy (non-hydrogen) atoms.